The molecule has 100 valence electrons. The van der Waals surface area contributed by atoms with Crippen molar-refractivity contribution in [3.63, 3.8) is 0 Å². The summed E-state index contributed by atoms with van der Waals surface area (Å²) in [5.74, 6) is 1.71. The molecule has 2 rings (SSSR count). The topological polar surface area (TPSA) is 24.5 Å². The van der Waals surface area contributed by atoms with Crippen LogP contribution >= 0.6 is 0 Å². The molecule has 0 aliphatic heterocycles. The number of benzene rings is 2. The van der Waals surface area contributed by atoms with Crippen LogP contribution in [0.1, 0.15) is 0 Å². The van der Waals surface area contributed by atoms with Crippen LogP contribution in [0.5, 0.6) is 11.5 Å². The van der Waals surface area contributed by atoms with Crippen molar-refractivity contribution < 1.29 is 4.74 Å². The van der Waals surface area contributed by atoms with Crippen LogP contribution in [0.15, 0.2) is 54.6 Å². The number of nitrogens with one attached hydrogen (secondary N) is 1. The zero-order valence-electron chi connectivity index (χ0n) is 11.5. The Hall–Kier alpha value is -2.00. The number of nitrogens with zero attached hydrogens (tertiary/aromatic N) is 1. The van der Waals surface area contributed by atoms with E-state index in [2.05, 4.69) is 24.3 Å². The van der Waals surface area contributed by atoms with Gasteiger partial charge < -0.3 is 15.0 Å². The molecule has 2 aromatic rings. The lowest BCUT2D eigenvalue weighted by atomic mass is 10.3. The average Bonchev–Trinajstić information content (AvgIpc) is 2.42. The molecule has 0 unspecified atom stereocenters. The Bertz CT molecular complexity index is 480. The molecule has 0 amide bonds. The minimum Gasteiger partial charge on any atom is -0.457 e. The molecule has 0 radical (unpaired) electrons. The third-order valence-corrected chi connectivity index (χ3v) is 2.72. The van der Waals surface area contributed by atoms with Gasteiger partial charge in [-0.1, -0.05) is 18.2 Å². The van der Waals surface area contributed by atoms with Crippen LogP contribution in [-0.4, -0.2) is 32.1 Å². The second-order valence-corrected chi connectivity index (χ2v) is 4.67. The lowest BCUT2D eigenvalue weighted by molar-refractivity contribution is 0.425. The number of rotatable bonds is 6. The Balaban J connectivity index is 1.88. The van der Waals surface area contributed by atoms with Gasteiger partial charge in [0.2, 0.25) is 0 Å². The molecule has 3 nitrogen and oxygen atoms in total. The molecule has 0 saturated heterocycles. The first-order valence-corrected chi connectivity index (χ1v) is 6.45. The van der Waals surface area contributed by atoms with Crippen LogP contribution in [-0.2, 0) is 0 Å². The summed E-state index contributed by atoms with van der Waals surface area (Å²) >= 11 is 0. The summed E-state index contributed by atoms with van der Waals surface area (Å²) in [5, 5.41) is 3.37. The number of para-hydroxylation sites is 1. The highest BCUT2D eigenvalue weighted by atomic mass is 16.5. The molecular formula is C16H20N2O. The molecule has 0 aromatic heterocycles. The molecule has 0 fully saturated rings. The van der Waals surface area contributed by atoms with E-state index < -0.39 is 0 Å². The van der Waals surface area contributed by atoms with Gasteiger partial charge in [0.05, 0.1) is 0 Å². The first kappa shape index (κ1) is 13.4. The second-order valence-electron chi connectivity index (χ2n) is 4.67. The number of likely N-dealkylation sites (N-methyl/N-ethyl adjacent to an activating group) is 1. The molecule has 19 heavy (non-hydrogen) atoms. The highest BCUT2D eigenvalue weighted by molar-refractivity contribution is 5.47. The van der Waals surface area contributed by atoms with Crippen LogP contribution in [0, 0.1) is 0 Å². The fourth-order valence-electron chi connectivity index (χ4n) is 1.69. The first-order chi connectivity index (χ1) is 9.24. The fourth-order valence-corrected chi connectivity index (χ4v) is 1.69. The summed E-state index contributed by atoms with van der Waals surface area (Å²) in [4.78, 5) is 2.15. The van der Waals surface area contributed by atoms with Gasteiger partial charge >= 0.3 is 0 Å². The van der Waals surface area contributed by atoms with Gasteiger partial charge in [0.15, 0.2) is 0 Å². The van der Waals surface area contributed by atoms with Gasteiger partial charge in [-0.25, -0.2) is 0 Å². The van der Waals surface area contributed by atoms with E-state index in [0.717, 1.165) is 30.3 Å². The molecule has 2 aromatic carbocycles. The van der Waals surface area contributed by atoms with Crippen molar-refractivity contribution in [2.75, 3.05) is 32.5 Å². The fraction of sp³-hybridized carbons (Fsp3) is 0.250. The number of hydrogen-bond acceptors (Lipinski definition) is 3. The van der Waals surface area contributed by atoms with E-state index >= 15 is 0 Å². The minimum atomic E-state index is 0.851. The van der Waals surface area contributed by atoms with E-state index in [1.54, 1.807) is 0 Å². The van der Waals surface area contributed by atoms with Crippen LogP contribution in [0.4, 0.5) is 5.69 Å². The maximum atomic E-state index is 5.74. The Kier molecular flexibility index (Phi) is 4.81. The maximum Gasteiger partial charge on any atom is 0.127 e. The molecule has 3 heteroatoms. The average molecular weight is 256 g/mol. The lowest BCUT2D eigenvalue weighted by Gasteiger charge is -2.12. The van der Waals surface area contributed by atoms with Crippen molar-refractivity contribution in [2.24, 2.45) is 0 Å². The molecule has 0 aliphatic rings. The van der Waals surface area contributed by atoms with Gasteiger partial charge in [0, 0.05) is 18.8 Å². The predicted octanol–water partition coefficient (Wildman–Crippen LogP) is 3.45. The van der Waals surface area contributed by atoms with Gasteiger partial charge in [-0.05, 0) is 50.5 Å². The smallest absolute Gasteiger partial charge is 0.127 e. The third-order valence-electron chi connectivity index (χ3n) is 2.72. The van der Waals surface area contributed by atoms with Crippen molar-refractivity contribution in [1.82, 2.24) is 4.90 Å². The van der Waals surface area contributed by atoms with E-state index in [4.69, 9.17) is 4.74 Å². The summed E-state index contributed by atoms with van der Waals surface area (Å²) in [5.41, 5.74) is 1.11. The minimum absolute atomic E-state index is 0.851. The lowest BCUT2D eigenvalue weighted by Crippen LogP contribution is -2.20. The predicted molar refractivity (Wildman–Crippen MR) is 80.0 cm³/mol. The molecule has 1 N–H and O–H groups in total. The highest BCUT2D eigenvalue weighted by Gasteiger charge is 1.97. The Morgan fingerprint density at radius 2 is 1.53 bits per heavy atom. The van der Waals surface area contributed by atoms with E-state index in [1.165, 1.54) is 0 Å². The number of anilines is 1. The third kappa shape index (κ3) is 4.64. The van der Waals surface area contributed by atoms with Crippen molar-refractivity contribution in [2.45, 2.75) is 0 Å². The van der Waals surface area contributed by atoms with Gasteiger partial charge in [-0.2, -0.15) is 0 Å². The Labute approximate surface area is 114 Å². The second kappa shape index (κ2) is 6.81. The number of hydrogen-bond donors (Lipinski definition) is 1. The van der Waals surface area contributed by atoms with Crippen molar-refractivity contribution in [1.29, 1.82) is 0 Å². The highest BCUT2D eigenvalue weighted by Crippen LogP contribution is 2.22. The van der Waals surface area contributed by atoms with Gasteiger partial charge in [-0.15, -0.1) is 0 Å². The van der Waals surface area contributed by atoms with E-state index in [-0.39, 0.29) is 0 Å². The zero-order chi connectivity index (χ0) is 13.5. The summed E-state index contributed by atoms with van der Waals surface area (Å²) in [6, 6.07) is 17.8. The molecule has 0 atom stereocenters. The van der Waals surface area contributed by atoms with Gasteiger partial charge in [-0.3, -0.25) is 0 Å². The largest absolute Gasteiger partial charge is 0.457 e. The van der Waals surface area contributed by atoms with Crippen molar-refractivity contribution >= 4 is 5.69 Å². The van der Waals surface area contributed by atoms with Crippen LogP contribution in [0.25, 0.3) is 0 Å². The van der Waals surface area contributed by atoms with Crippen molar-refractivity contribution in [3.05, 3.63) is 54.6 Å². The summed E-state index contributed by atoms with van der Waals surface area (Å²) in [7, 11) is 4.14. The SMILES string of the molecule is CN(C)CCNc1ccc(Oc2ccccc2)cc1. The summed E-state index contributed by atoms with van der Waals surface area (Å²) < 4.78 is 5.74. The standard InChI is InChI=1S/C16H20N2O/c1-18(2)13-12-17-14-8-10-16(11-9-14)19-15-6-4-3-5-7-15/h3-11,17H,12-13H2,1-2H3. The van der Waals surface area contributed by atoms with E-state index in [1.807, 2.05) is 54.6 Å². The van der Waals surface area contributed by atoms with E-state index in [9.17, 15) is 0 Å². The molecule has 0 spiro atoms. The Morgan fingerprint density at radius 1 is 0.895 bits per heavy atom. The van der Waals surface area contributed by atoms with Gasteiger partial charge in [0.25, 0.3) is 0 Å². The van der Waals surface area contributed by atoms with Crippen LogP contribution in [0.3, 0.4) is 0 Å². The zero-order valence-corrected chi connectivity index (χ0v) is 11.5. The van der Waals surface area contributed by atoms with Crippen LogP contribution in [0.2, 0.25) is 0 Å². The normalized spacial score (nSPS) is 10.5. The van der Waals surface area contributed by atoms with Gasteiger partial charge in [0.1, 0.15) is 11.5 Å². The summed E-state index contributed by atoms with van der Waals surface area (Å²) in [6.07, 6.45) is 0. The van der Waals surface area contributed by atoms with Crippen molar-refractivity contribution in [3.8, 4) is 11.5 Å². The molecule has 0 aliphatic carbocycles. The number of ether oxygens (including phenoxy) is 1. The molecule has 0 saturated carbocycles. The monoisotopic (exact) mass is 256 g/mol. The van der Waals surface area contributed by atoms with E-state index in [0.29, 0.717) is 0 Å². The molecule has 0 heterocycles. The first-order valence-electron chi connectivity index (χ1n) is 6.45. The quantitative estimate of drug-likeness (QED) is 0.856. The Morgan fingerprint density at radius 3 is 2.16 bits per heavy atom. The maximum absolute atomic E-state index is 5.74. The molecule has 0 bridgehead atoms. The summed E-state index contributed by atoms with van der Waals surface area (Å²) in [6.45, 7) is 1.95. The molecular weight excluding hydrogens is 236 g/mol. The van der Waals surface area contributed by atoms with Crippen LogP contribution < -0.4 is 10.1 Å².